The highest BCUT2D eigenvalue weighted by atomic mass is 19.4. The van der Waals surface area contributed by atoms with Gasteiger partial charge < -0.3 is 14.5 Å². The van der Waals surface area contributed by atoms with Crippen LogP contribution in [0.1, 0.15) is 40.0 Å². The third-order valence-corrected chi connectivity index (χ3v) is 4.42. The smallest absolute Gasteiger partial charge is 0.444 e. The fraction of sp³-hybridized carbons (Fsp3) is 0.875. The number of carbonyl (C=O) groups is 2. The highest BCUT2D eigenvalue weighted by Gasteiger charge is 2.43. The zero-order valence-corrected chi connectivity index (χ0v) is 14.4. The normalized spacial score (nSPS) is 20.8. The van der Waals surface area contributed by atoms with Crippen LogP contribution in [0, 0.1) is 11.8 Å². The second kappa shape index (κ2) is 6.80. The Kier molecular flexibility index (Phi) is 5.34. The van der Waals surface area contributed by atoms with Crippen molar-refractivity contribution in [3.63, 3.8) is 0 Å². The zero-order chi connectivity index (χ0) is 18.1. The van der Waals surface area contributed by atoms with E-state index < -0.39 is 17.7 Å². The second-order valence-electron chi connectivity index (χ2n) is 7.72. The molecule has 0 atom stereocenters. The lowest BCUT2D eigenvalue weighted by Crippen LogP contribution is -2.52. The number of nitrogens with zero attached hydrogens (tertiary/aromatic N) is 2. The number of alkyl halides is 3. The molecule has 8 heteroatoms. The highest BCUT2D eigenvalue weighted by Crippen LogP contribution is 2.31. The van der Waals surface area contributed by atoms with Gasteiger partial charge in [-0.15, -0.1) is 0 Å². The Morgan fingerprint density at radius 1 is 1.00 bits per heavy atom. The van der Waals surface area contributed by atoms with Gasteiger partial charge in [-0.2, -0.15) is 13.2 Å². The first kappa shape index (κ1) is 18.9. The van der Waals surface area contributed by atoms with Crippen LogP contribution >= 0.6 is 0 Å². The van der Waals surface area contributed by atoms with Gasteiger partial charge in [-0.25, -0.2) is 4.79 Å². The minimum Gasteiger partial charge on any atom is -0.444 e. The third kappa shape index (κ3) is 5.01. The lowest BCUT2D eigenvalue weighted by atomic mass is 9.84. The van der Waals surface area contributed by atoms with Crippen LogP contribution in [0.15, 0.2) is 0 Å². The summed E-state index contributed by atoms with van der Waals surface area (Å²) in [5.41, 5.74) is -0.514. The lowest BCUT2D eigenvalue weighted by molar-refractivity contribution is -0.186. The molecule has 0 saturated carbocycles. The molecule has 2 saturated heterocycles. The predicted molar refractivity (Wildman–Crippen MR) is 81.3 cm³/mol. The number of likely N-dealkylation sites (tertiary alicyclic amines) is 2. The first-order chi connectivity index (χ1) is 11.0. The van der Waals surface area contributed by atoms with Gasteiger partial charge >= 0.3 is 18.2 Å². The summed E-state index contributed by atoms with van der Waals surface area (Å²) >= 11 is 0. The van der Waals surface area contributed by atoms with Crippen LogP contribution in [-0.2, 0) is 9.53 Å². The molecule has 138 valence electrons. The molecule has 2 aliphatic rings. The van der Waals surface area contributed by atoms with Crippen molar-refractivity contribution >= 4 is 12.0 Å². The van der Waals surface area contributed by atoms with E-state index in [1.807, 2.05) is 20.8 Å². The van der Waals surface area contributed by atoms with Gasteiger partial charge in [0.15, 0.2) is 0 Å². The highest BCUT2D eigenvalue weighted by molar-refractivity contribution is 5.81. The predicted octanol–water partition coefficient (Wildman–Crippen LogP) is 3.04. The standard InChI is InChI=1S/C16H25F3N2O3/c1-15(2,3)24-14(23)21-9-12(10-21)8-11-4-6-20(7-5-11)13(22)16(17,18)19/h11-12H,4-10H2,1-3H3. The maximum atomic E-state index is 12.4. The van der Waals surface area contributed by atoms with Crippen LogP contribution in [0.2, 0.25) is 0 Å². The van der Waals surface area contributed by atoms with Crippen LogP contribution in [0.3, 0.4) is 0 Å². The van der Waals surface area contributed by atoms with Crippen molar-refractivity contribution in [2.45, 2.75) is 51.8 Å². The van der Waals surface area contributed by atoms with Gasteiger partial charge in [-0.1, -0.05) is 0 Å². The fourth-order valence-corrected chi connectivity index (χ4v) is 3.22. The van der Waals surface area contributed by atoms with Crippen LogP contribution in [0.25, 0.3) is 0 Å². The van der Waals surface area contributed by atoms with E-state index in [1.54, 1.807) is 4.90 Å². The molecule has 0 spiro atoms. The molecule has 2 heterocycles. The minimum atomic E-state index is -4.78. The molecule has 0 aromatic heterocycles. The number of rotatable bonds is 2. The summed E-state index contributed by atoms with van der Waals surface area (Å²) < 4.78 is 42.5. The van der Waals surface area contributed by atoms with Crippen molar-refractivity contribution in [2.24, 2.45) is 11.8 Å². The average Bonchev–Trinajstić information content (AvgIpc) is 2.39. The molecule has 0 aromatic rings. The van der Waals surface area contributed by atoms with Crippen LogP contribution < -0.4 is 0 Å². The van der Waals surface area contributed by atoms with Crippen molar-refractivity contribution < 1.29 is 27.5 Å². The number of hydrogen-bond donors (Lipinski definition) is 0. The van der Waals surface area contributed by atoms with Gasteiger partial charge in [-0.05, 0) is 51.9 Å². The average molecular weight is 350 g/mol. The molecular formula is C16H25F3N2O3. The van der Waals surface area contributed by atoms with E-state index in [1.165, 1.54) is 0 Å². The van der Waals surface area contributed by atoms with E-state index in [0.29, 0.717) is 37.8 Å². The van der Waals surface area contributed by atoms with Gasteiger partial charge in [0.25, 0.3) is 0 Å². The van der Waals surface area contributed by atoms with E-state index in [2.05, 4.69) is 0 Å². The van der Waals surface area contributed by atoms with E-state index in [9.17, 15) is 22.8 Å². The molecule has 2 aliphatic heterocycles. The van der Waals surface area contributed by atoms with Crippen molar-refractivity contribution in [1.82, 2.24) is 9.80 Å². The van der Waals surface area contributed by atoms with Crippen molar-refractivity contribution in [2.75, 3.05) is 26.2 Å². The van der Waals surface area contributed by atoms with E-state index >= 15 is 0 Å². The quantitative estimate of drug-likeness (QED) is 0.769. The Morgan fingerprint density at radius 3 is 2.00 bits per heavy atom. The Bertz CT molecular complexity index is 474. The molecule has 24 heavy (non-hydrogen) atoms. The largest absolute Gasteiger partial charge is 0.471 e. The van der Waals surface area contributed by atoms with Crippen molar-refractivity contribution in [1.29, 1.82) is 0 Å². The number of ether oxygens (including phenoxy) is 1. The van der Waals surface area contributed by atoms with Crippen LogP contribution in [0.4, 0.5) is 18.0 Å². The molecular weight excluding hydrogens is 325 g/mol. The molecule has 2 amide bonds. The van der Waals surface area contributed by atoms with Crippen molar-refractivity contribution in [3.05, 3.63) is 0 Å². The number of amides is 2. The monoisotopic (exact) mass is 350 g/mol. The van der Waals surface area contributed by atoms with Crippen LogP contribution in [0.5, 0.6) is 0 Å². The first-order valence-corrected chi connectivity index (χ1v) is 8.30. The molecule has 0 N–H and O–H groups in total. The SMILES string of the molecule is CC(C)(C)OC(=O)N1CC(CC2CCN(C(=O)C(F)(F)F)CC2)C1. The van der Waals surface area contributed by atoms with Crippen molar-refractivity contribution in [3.8, 4) is 0 Å². The summed E-state index contributed by atoms with van der Waals surface area (Å²) in [6, 6.07) is 0. The summed E-state index contributed by atoms with van der Waals surface area (Å²) in [5, 5.41) is 0. The van der Waals surface area contributed by atoms with Gasteiger partial charge in [0.05, 0.1) is 0 Å². The lowest BCUT2D eigenvalue weighted by Gasteiger charge is -2.42. The Morgan fingerprint density at radius 2 is 1.54 bits per heavy atom. The Hall–Kier alpha value is -1.47. The number of carbonyl (C=O) groups excluding carboxylic acids is 2. The topological polar surface area (TPSA) is 49.9 Å². The molecule has 0 unspecified atom stereocenters. The Balaban J connectivity index is 1.68. The van der Waals surface area contributed by atoms with Crippen LogP contribution in [-0.4, -0.2) is 59.8 Å². The van der Waals surface area contributed by atoms with E-state index in [0.717, 1.165) is 11.3 Å². The molecule has 0 aliphatic carbocycles. The molecule has 2 fully saturated rings. The zero-order valence-electron chi connectivity index (χ0n) is 14.4. The van der Waals surface area contributed by atoms with Gasteiger partial charge in [-0.3, -0.25) is 4.79 Å². The maximum absolute atomic E-state index is 12.4. The maximum Gasteiger partial charge on any atom is 0.471 e. The fourth-order valence-electron chi connectivity index (χ4n) is 3.22. The second-order valence-corrected chi connectivity index (χ2v) is 7.72. The summed E-state index contributed by atoms with van der Waals surface area (Å²) in [6.45, 7) is 7.04. The summed E-state index contributed by atoms with van der Waals surface area (Å²) in [4.78, 5) is 25.6. The van der Waals surface area contributed by atoms with E-state index in [-0.39, 0.29) is 19.2 Å². The molecule has 0 radical (unpaired) electrons. The summed E-state index contributed by atoms with van der Waals surface area (Å²) in [7, 11) is 0. The Labute approximate surface area is 140 Å². The molecule has 2 rings (SSSR count). The first-order valence-electron chi connectivity index (χ1n) is 8.30. The molecule has 0 aromatic carbocycles. The number of hydrogen-bond acceptors (Lipinski definition) is 3. The molecule has 0 bridgehead atoms. The minimum absolute atomic E-state index is 0.158. The van der Waals surface area contributed by atoms with Gasteiger partial charge in [0.1, 0.15) is 5.60 Å². The van der Waals surface area contributed by atoms with E-state index in [4.69, 9.17) is 4.74 Å². The van der Waals surface area contributed by atoms with Gasteiger partial charge in [0, 0.05) is 26.2 Å². The summed E-state index contributed by atoms with van der Waals surface area (Å²) in [5.74, 6) is -1.05. The van der Waals surface area contributed by atoms with Gasteiger partial charge in [0.2, 0.25) is 0 Å². The number of halogens is 3. The third-order valence-electron chi connectivity index (χ3n) is 4.42. The molecule has 5 nitrogen and oxygen atoms in total. The summed E-state index contributed by atoms with van der Waals surface area (Å²) in [6.07, 6.45) is -3.04. The number of piperidine rings is 1.